The summed E-state index contributed by atoms with van der Waals surface area (Å²) in [5, 5.41) is 6.71. The van der Waals surface area contributed by atoms with E-state index in [1.807, 2.05) is 37.3 Å². The molecule has 0 radical (unpaired) electrons. The molecule has 6 heteroatoms. The minimum Gasteiger partial charge on any atom is -0.457 e. The summed E-state index contributed by atoms with van der Waals surface area (Å²) in [5.74, 6) is 0.808. The number of nitrogens with zero attached hydrogens (tertiary/aromatic N) is 1. The third kappa shape index (κ3) is 4.60. The quantitative estimate of drug-likeness (QED) is 0.327. The van der Waals surface area contributed by atoms with Gasteiger partial charge in [-0.2, -0.15) is 0 Å². The van der Waals surface area contributed by atoms with E-state index in [9.17, 15) is 9.59 Å². The summed E-state index contributed by atoms with van der Waals surface area (Å²) in [6.45, 7) is 6.12. The summed E-state index contributed by atoms with van der Waals surface area (Å²) < 4.78 is 6.12. The van der Waals surface area contributed by atoms with Crippen LogP contribution in [-0.4, -0.2) is 16.8 Å². The van der Waals surface area contributed by atoms with Crippen molar-refractivity contribution in [2.75, 3.05) is 10.6 Å². The third-order valence-corrected chi connectivity index (χ3v) is 6.59. The number of benzene rings is 3. The van der Waals surface area contributed by atoms with Crippen LogP contribution in [0.15, 0.2) is 72.9 Å². The maximum absolute atomic E-state index is 13.0. The topological polar surface area (TPSA) is 80.3 Å². The van der Waals surface area contributed by atoms with Crippen LogP contribution in [0.1, 0.15) is 29.5 Å². The van der Waals surface area contributed by atoms with Crippen LogP contribution >= 0.6 is 0 Å². The van der Waals surface area contributed by atoms with Crippen LogP contribution in [0.2, 0.25) is 0 Å². The second-order valence-electron chi connectivity index (χ2n) is 9.25. The number of ether oxygens (including phenoxy) is 1. The first-order valence-corrected chi connectivity index (χ1v) is 11.7. The lowest BCUT2D eigenvalue weighted by molar-refractivity contribution is -0.131. The van der Waals surface area contributed by atoms with E-state index < -0.39 is 5.41 Å². The highest BCUT2D eigenvalue weighted by molar-refractivity contribution is 6.16. The van der Waals surface area contributed by atoms with Gasteiger partial charge >= 0.3 is 0 Å². The zero-order valence-electron chi connectivity index (χ0n) is 20.0. The summed E-state index contributed by atoms with van der Waals surface area (Å²) in [4.78, 5) is 30.2. The highest BCUT2D eigenvalue weighted by Gasteiger charge is 2.56. The van der Waals surface area contributed by atoms with Gasteiger partial charge in [-0.3, -0.25) is 14.6 Å². The number of carbonyl (C=O) groups excluding carboxylic acids is 2. The zero-order valence-corrected chi connectivity index (χ0v) is 20.0. The summed E-state index contributed by atoms with van der Waals surface area (Å²) in [6, 6.07) is 20.7. The van der Waals surface area contributed by atoms with Crippen molar-refractivity contribution >= 4 is 34.1 Å². The molecule has 3 aromatic carbocycles. The molecular formula is C29H27N3O3. The molecule has 5 rings (SSSR count). The van der Waals surface area contributed by atoms with E-state index in [2.05, 4.69) is 41.6 Å². The Morgan fingerprint density at radius 3 is 1.97 bits per heavy atom. The van der Waals surface area contributed by atoms with Gasteiger partial charge in [-0.1, -0.05) is 17.7 Å². The Morgan fingerprint density at radius 2 is 1.37 bits per heavy atom. The van der Waals surface area contributed by atoms with Crippen molar-refractivity contribution in [1.29, 1.82) is 0 Å². The molecule has 1 saturated carbocycles. The minimum atomic E-state index is -1.02. The summed E-state index contributed by atoms with van der Waals surface area (Å²) in [6.07, 6.45) is 2.80. The molecule has 1 aliphatic carbocycles. The molecule has 176 valence electrons. The van der Waals surface area contributed by atoms with Gasteiger partial charge in [0.25, 0.3) is 0 Å². The van der Waals surface area contributed by atoms with E-state index in [1.54, 1.807) is 30.5 Å². The van der Waals surface area contributed by atoms with E-state index in [4.69, 9.17) is 4.74 Å². The molecule has 1 heterocycles. The molecule has 2 amide bonds. The highest BCUT2D eigenvalue weighted by Crippen LogP contribution is 2.47. The fraction of sp³-hybridized carbons (Fsp3) is 0.207. The lowest BCUT2D eigenvalue weighted by Gasteiger charge is -2.16. The number of rotatable bonds is 6. The van der Waals surface area contributed by atoms with Crippen molar-refractivity contribution in [3.05, 3.63) is 89.6 Å². The Morgan fingerprint density at radius 1 is 0.800 bits per heavy atom. The molecule has 6 nitrogen and oxygen atoms in total. The number of aromatic nitrogens is 1. The number of anilines is 2. The Balaban J connectivity index is 1.26. The number of amides is 2. The van der Waals surface area contributed by atoms with Crippen molar-refractivity contribution in [3.8, 4) is 11.5 Å². The Bertz CT molecular complexity index is 1420. The van der Waals surface area contributed by atoms with Crippen molar-refractivity contribution in [3.63, 3.8) is 0 Å². The first-order chi connectivity index (χ1) is 16.8. The first kappa shape index (κ1) is 22.6. The molecule has 1 aromatic heterocycles. The fourth-order valence-corrected chi connectivity index (χ4v) is 4.02. The predicted octanol–water partition coefficient (Wildman–Crippen LogP) is 6.31. The lowest BCUT2D eigenvalue weighted by Crippen LogP contribution is -2.35. The molecule has 4 aromatic rings. The number of hydrogen-bond donors (Lipinski definition) is 2. The Labute approximate surface area is 204 Å². The number of aryl methyl sites for hydroxylation is 3. The molecule has 0 unspecified atom stereocenters. The van der Waals surface area contributed by atoms with Crippen molar-refractivity contribution < 1.29 is 14.3 Å². The van der Waals surface area contributed by atoms with E-state index in [0.717, 1.165) is 22.2 Å². The zero-order chi connectivity index (χ0) is 24.6. The molecule has 2 N–H and O–H groups in total. The molecule has 0 aliphatic heterocycles. The van der Waals surface area contributed by atoms with Gasteiger partial charge in [-0.05, 0) is 99.3 Å². The summed E-state index contributed by atoms with van der Waals surface area (Å²) in [7, 11) is 0. The highest BCUT2D eigenvalue weighted by atomic mass is 16.5. The number of carbonyl (C=O) groups is 2. The standard InChI is InChI=1S/C29H27N3O3/c1-18-4-6-21(7-5-18)31-27(33)29(13-14-29)28(34)32-22-8-10-23(11-9-22)35-26-12-15-30-25-17-20(3)19(2)16-24(25)26/h4-12,15-17H,13-14H2,1-3H3,(H,31,33)(H,32,34). The molecule has 0 bridgehead atoms. The number of nitrogens with one attached hydrogen (secondary N) is 2. The lowest BCUT2D eigenvalue weighted by atomic mass is 10.0. The van der Waals surface area contributed by atoms with Gasteiger partial charge in [0.1, 0.15) is 16.9 Å². The van der Waals surface area contributed by atoms with Gasteiger partial charge in [0, 0.05) is 23.0 Å². The molecule has 0 atom stereocenters. The summed E-state index contributed by atoms with van der Waals surface area (Å²) in [5.41, 5.74) is 4.63. The van der Waals surface area contributed by atoms with E-state index >= 15 is 0 Å². The molecule has 35 heavy (non-hydrogen) atoms. The largest absolute Gasteiger partial charge is 0.457 e. The second kappa shape index (κ2) is 8.87. The van der Waals surface area contributed by atoms with Crippen LogP contribution in [0.3, 0.4) is 0 Å². The SMILES string of the molecule is Cc1ccc(NC(=O)C2(C(=O)Nc3ccc(Oc4ccnc5cc(C)c(C)cc45)cc3)CC2)cc1. The van der Waals surface area contributed by atoms with Gasteiger partial charge < -0.3 is 15.4 Å². The minimum absolute atomic E-state index is 0.270. The first-order valence-electron chi connectivity index (χ1n) is 11.7. The van der Waals surface area contributed by atoms with Crippen LogP contribution in [0, 0.1) is 26.2 Å². The second-order valence-corrected chi connectivity index (χ2v) is 9.25. The third-order valence-electron chi connectivity index (χ3n) is 6.59. The number of hydrogen-bond acceptors (Lipinski definition) is 4. The Kier molecular flexibility index (Phi) is 5.73. The van der Waals surface area contributed by atoms with Gasteiger partial charge in [-0.25, -0.2) is 0 Å². The van der Waals surface area contributed by atoms with Crippen LogP contribution in [0.4, 0.5) is 11.4 Å². The maximum Gasteiger partial charge on any atom is 0.240 e. The van der Waals surface area contributed by atoms with E-state index in [1.165, 1.54) is 11.1 Å². The molecule has 0 spiro atoms. The molecular weight excluding hydrogens is 438 g/mol. The average molecular weight is 466 g/mol. The monoisotopic (exact) mass is 465 g/mol. The molecule has 1 fully saturated rings. The maximum atomic E-state index is 13.0. The van der Waals surface area contributed by atoms with Gasteiger partial charge in [0.15, 0.2) is 0 Å². The van der Waals surface area contributed by atoms with Crippen LogP contribution in [-0.2, 0) is 9.59 Å². The van der Waals surface area contributed by atoms with Crippen LogP contribution < -0.4 is 15.4 Å². The molecule has 0 saturated heterocycles. The van der Waals surface area contributed by atoms with Crippen LogP contribution in [0.25, 0.3) is 10.9 Å². The van der Waals surface area contributed by atoms with Gasteiger partial charge in [0.2, 0.25) is 11.8 Å². The Hall–Kier alpha value is -4.19. The van der Waals surface area contributed by atoms with Crippen molar-refractivity contribution in [2.45, 2.75) is 33.6 Å². The van der Waals surface area contributed by atoms with Crippen LogP contribution in [0.5, 0.6) is 11.5 Å². The van der Waals surface area contributed by atoms with Gasteiger partial charge in [-0.15, -0.1) is 0 Å². The smallest absolute Gasteiger partial charge is 0.240 e. The number of fused-ring (bicyclic) bond motifs is 1. The number of pyridine rings is 1. The van der Waals surface area contributed by atoms with E-state index in [-0.39, 0.29) is 11.8 Å². The van der Waals surface area contributed by atoms with Crippen molar-refractivity contribution in [2.24, 2.45) is 5.41 Å². The molecule has 1 aliphatic rings. The van der Waals surface area contributed by atoms with Gasteiger partial charge in [0.05, 0.1) is 5.52 Å². The predicted molar refractivity (Wildman–Crippen MR) is 138 cm³/mol. The average Bonchev–Trinajstić information content (AvgIpc) is 3.65. The van der Waals surface area contributed by atoms with Crippen molar-refractivity contribution in [1.82, 2.24) is 4.98 Å². The summed E-state index contributed by atoms with van der Waals surface area (Å²) >= 11 is 0. The fourth-order valence-electron chi connectivity index (χ4n) is 4.02. The normalized spacial score (nSPS) is 13.8. The van der Waals surface area contributed by atoms with E-state index in [0.29, 0.717) is 30.0 Å².